The first-order chi connectivity index (χ1) is 11.6. The SMILES string of the molecule is CC1COC2(CCN(C(=O)CCCNC(=O)c3cccs3)CC2)O1. The van der Waals surface area contributed by atoms with Crippen molar-refractivity contribution < 1.29 is 19.1 Å². The number of nitrogens with zero attached hydrogens (tertiary/aromatic N) is 1. The molecule has 1 aromatic rings. The molecule has 1 unspecified atom stereocenters. The molecule has 1 atom stereocenters. The summed E-state index contributed by atoms with van der Waals surface area (Å²) in [6.07, 6.45) is 2.72. The van der Waals surface area contributed by atoms with Crippen LogP contribution in [0, 0.1) is 0 Å². The smallest absolute Gasteiger partial charge is 0.261 e. The fraction of sp³-hybridized carbons (Fsp3) is 0.647. The Bertz CT molecular complexity index is 567. The third-order valence-electron chi connectivity index (χ3n) is 4.47. The number of hydrogen-bond donors (Lipinski definition) is 1. The van der Waals surface area contributed by atoms with E-state index in [1.54, 1.807) is 6.07 Å². The molecule has 2 aliphatic heterocycles. The van der Waals surface area contributed by atoms with E-state index in [0.29, 0.717) is 44.0 Å². The molecule has 7 heteroatoms. The fourth-order valence-corrected chi connectivity index (χ4v) is 3.80. The van der Waals surface area contributed by atoms with E-state index >= 15 is 0 Å². The Balaban J connectivity index is 1.34. The first kappa shape index (κ1) is 17.4. The monoisotopic (exact) mass is 352 g/mol. The standard InChI is InChI=1S/C17H24N2O4S/c1-13-12-22-17(23-13)6-9-19(10-7-17)15(20)5-2-8-18-16(21)14-4-3-11-24-14/h3-4,11,13H,2,5-10,12H2,1H3,(H,18,21). The Labute approximate surface area is 146 Å². The maximum atomic E-state index is 12.3. The zero-order valence-corrected chi connectivity index (χ0v) is 14.8. The average Bonchev–Trinajstić information content (AvgIpc) is 3.22. The van der Waals surface area contributed by atoms with Crippen LogP contribution >= 0.6 is 11.3 Å². The normalized spacial score (nSPS) is 22.7. The van der Waals surface area contributed by atoms with Gasteiger partial charge in [-0.2, -0.15) is 0 Å². The second-order valence-corrected chi connectivity index (χ2v) is 7.32. The zero-order valence-electron chi connectivity index (χ0n) is 14.0. The Morgan fingerprint density at radius 1 is 1.42 bits per heavy atom. The van der Waals surface area contributed by atoms with Gasteiger partial charge in [-0.25, -0.2) is 0 Å². The molecule has 3 heterocycles. The molecule has 0 aliphatic carbocycles. The summed E-state index contributed by atoms with van der Waals surface area (Å²) in [5.41, 5.74) is 0. The van der Waals surface area contributed by atoms with Gasteiger partial charge in [0.2, 0.25) is 5.91 Å². The van der Waals surface area contributed by atoms with E-state index in [4.69, 9.17) is 9.47 Å². The molecule has 2 saturated heterocycles. The topological polar surface area (TPSA) is 67.9 Å². The van der Waals surface area contributed by atoms with Crippen LogP contribution in [0.1, 0.15) is 42.3 Å². The van der Waals surface area contributed by atoms with Gasteiger partial charge in [-0.1, -0.05) is 6.07 Å². The molecule has 2 fully saturated rings. The lowest BCUT2D eigenvalue weighted by atomic mass is 10.0. The summed E-state index contributed by atoms with van der Waals surface area (Å²) in [7, 11) is 0. The summed E-state index contributed by atoms with van der Waals surface area (Å²) in [4.78, 5) is 26.7. The van der Waals surface area contributed by atoms with Gasteiger partial charge in [0.1, 0.15) is 0 Å². The summed E-state index contributed by atoms with van der Waals surface area (Å²) in [5, 5.41) is 4.72. The summed E-state index contributed by atoms with van der Waals surface area (Å²) in [6, 6.07) is 3.65. The molecule has 6 nitrogen and oxygen atoms in total. The largest absolute Gasteiger partial charge is 0.351 e. The van der Waals surface area contributed by atoms with Gasteiger partial charge in [0, 0.05) is 38.9 Å². The minimum Gasteiger partial charge on any atom is -0.351 e. The molecule has 3 rings (SSSR count). The molecule has 0 saturated carbocycles. The molecule has 0 bridgehead atoms. The molecule has 132 valence electrons. The van der Waals surface area contributed by atoms with E-state index in [9.17, 15) is 9.59 Å². The molecule has 1 spiro atoms. The highest BCUT2D eigenvalue weighted by molar-refractivity contribution is 7.12. The number of amides is 2. The van der Waals surface area contributed by atoms with Crippen molar-refractivity contribution in [2.24, 2.45) is 0 Å². The van der Waals surface area contributed by atoms with Crippen LogP contribution in [0.3, 0.4) is 0 Å². The predicted octanol–water partition coefficient (Wildman–Crippen LogP) is 2.01. The number of nitrogens with one attached hydrogen (secondary N) is 1. The van der Waals surface area contributed by atoms with Gasteiger partial charge in [0.15, 0.2) is 5.79 Å². The lowest BCUT2D eigenvalue weighted by Crippen LogP contribution is -2.47. The number of likely N-dealkylation sites (tertiary alicyclic amines) is 1. The van der Waals surface area contributed by atoms with Crippen molar-refractivity contribution in [2.45, 2.75) is 44.5 Å². The van der Waals surface area contributed by atoms with Crippen molar-refractivity contribution in [1.29, 1.82) is 0 Å². The Morgan fingerprint density at radius 3 is 2.83 bits per heavy atom. The first-order valence-electron chi connectivity index (χ1n) is 8.49. The second-order valence-electron chi connectivity index (χ2n) is 6.37. The highest BCUT2D eigenvalue weighted by Crippen LogP contribution is 2.34. The highest BCUT2D eigenvalue weighted by atomic mass is 32.1. The Hall–Kier alpha value is -1.44. The summed E-state index contributed by atoms with van der Waals surface area (Å²) in [6.45, 7) is 4.51. The molecular formula is C17H24N2O4S. The maximum absolute atomic E-state index is 12.3. The zero-order chi connectivity index (χ0) is 17.0. The molecular weight excluding hydrogens is 328 g/mol. The number of hydrogen-bond acceptors (Lipinski definition) is 5. The number of carbonyl (C=O) groups excluding carboxylic acids is 2. The van der Waals surface area contributed by atoms with Crippen molar-refractivity contribution in [2.75, 3.05) is 26.2 Å². The summed E-state index contributed by atoms with van der Waals surface area (Å²) in [5.74, 6) is -0.395. The van der Waals surface area contributed by atoms with Gasteiger partial charge in [-0.15, -0.1) is 11.3 Å². The van der Waals surface area contributed by atoms with Gasteiger partial charge in [0.05, 0.1) is 17.6 Å². The summed E-state index contributed by atoms with van der Waals surface area (Å²) < 4.78 is 11.6. The van der Waals surface area contributed by atoms with Crippen molar-refractivity contribution in [1.82, 2.24) is 10.2 Å². The number of thiophene rings is 1. The highest BCUT2D eigenvalue weighted by Gasteiger charge is 2.43. The third kappa shape index (κ3) is 4.15. The molecule has 1 aromatic heterocycles. The number of piperidine rings is 1. The second kappa shape index (κ2) is 7.63. The maximum Gasteiger partial charge on any atom is 0.261 e. The predicted molar refractivity (Wildman–Crippen MR) is 90.9 cm³/mol. The van der Waals surface area contributed by atoms with E-state index in [-0.39, 0.29) is 17.9 Å². The van der Waals surface area contributed by atoms with Crippen LogP contribution in [-0.2, 0) is 14.3 Å². The van der Waals surface area contributed by atoms with E-state index in [1.165, 1.54) is 11.3 Å². The van der Waals surface area contributed by atoms with Crippen LogP contribution in [0.25, 0.3) is 0 Å². The van der Waals surface area contributed by atoms with Crippen LogP contribution < -0.4 is 5.32 Å². The molecule has 2 aliphatic rings. The molecule has 0 radical (unpaired) electrons. The van der Waals surface area contributed by atoms with Crippen molar-refractivity contribution in [3.05, 3.63) is 22.4 Å². The minimum absolute atomic E-state index is 0.0676. The van der Waals surface area contributed by atoms with E-state index in [1.807, 2.05) is 23.3 Å². The lowest BCUT2D eigenvalue weighted by molar-refractivity contribution is -0.194. The number of rotatable bonds is 5. The lowest BCUT2D eigenvalue weighted by Gasteiger charge is -2.37. The van der Waals surface area contributed by atoms with Crippen LogP contribution in [0.5, 0.6) is 0 Å². The summed E-state index contributed by atoms with van der Waals surface area (Å²) >= 11 is 1.42. The number of carbonyl (C=O) groups is 2. The van der Waals surface area contributed by atoms with Gasteiger partial charge in [-0.3, -0.25) is 9.59 Å². The Kier molecular flexibility index (Phi) is 5.53. The van der Waals surface area contributed by atoms with Crippen molar-refractivity contribution in [3.8, 4) is 0 Å². The Morgan fingerprint density at radius 2 is 2.21 bits per heavy atom. The molecule has 2 amide bonds. The fourth-order valence-electron chi connectivity index (χ4n) is 3.16. The van der Waals surface area contributed by atoms with Gasteiger partial charge in [0.25, 0.3) is 5.91 Å². The van der Waals surface area contributed by atoms with Gasteiger partial charge < -0.3 is 19.7 Å². The van der Waals surface area contributed by atoms with E-state index in [2.05, 4.69) is 5.32 Å². The van der Waals surface area contributed by atoms with Gasteiger partial charge in [-0.05, 0) is 24.8 Å². The third-order valence-corrected chi connectivity index (χ3v) is 5.34. The minimum atomic E-state index is -0.467. The molecule has 1 N–H and O–H groups in total. The van der Waals surface area contributed by atoms with Gasteiger partial charge >= 0.3 is 0 Å². The van der Waals surface area contributed by atoms with Crippen LogP contribution in [-0.4, -0.2) is 54.8 Å². The van der Waals surface area contributed by atoms with E-state index < -0.39 is 5.79 Å². The average molecular weight is 352 g/mol. The van der Waals surface area contributed by atoms with Crippen molar-refractivity contribution >= 4 is 23.2 Å². The first-order valence-corrected chi connectivity index (χ1v) is 9.37. The van der Waals surface area contributed by atoms with Crippen molar-refractivity contribution in [3.63, 3.8) is 0 Å². The molecule has 0 aromatic carbocycles. The van der Waals surface area contributed by atoms with Crippen LogP contribution in [0.4, 0.5) is 0 Å². The van der Waals surface area contributed by atoms with Crippen LogP contribution in [0.2, 0.25) is 0 Å². The molecule has 24 heavy (non-hydrogen) atoms. The van der Waals surface area contributed by atoms with E-state index in [0.717, 1.165) is 12.8 Å². The number of ether oxygens (including phenoxy) is 2. The van der Waals surface area contributed by atoms with Crippen LogP contribution in [0.15, 0.2) is 17.5 Å². The quantitative estimate of drug-likeness (QED) is 0.823.